The lowest BCUT2D eigenvalue weighted by atomic mass is 9.84. The number of carbonyl (C=O) groups excluding carboxylic acids is 2. The number of nitrogens with zero attached hydrogens (tertiary/aromatic N) is 3. The number of nitrogens with one attached hydrogen (secondary N) is 2. The molecule has 0 bridgehead atoms. The van der Waals surface area contributed by atoms with Gasteiger partial charge in [-0.25, -0.2) is 9.78 Å². The van der Waals surface area contributed by atoms with Gasteiger partial charge in [-0.1, -0.05) is 13.8 Å². The van der Waals surface area contributed by atoms with E-state index >= 15 is 0 Å². The largest absolute Gasteiger partial charge is 0.418 e. The molecule has 1 saturated heterocycles. The van der Waals surface area contributed by atoms with Crippen LogP contribution in [0.2, 0.25) is 0 Å². The Kier molecular flexibility index (Phi) is 7.68. The van der Waals surface area contributed by atoms with E-state index in [4.69, 9.17) is 0 Å². The number of imidazole rings is 1. The molecule has 2 heterocycles. The summed E-state index contributed by atoms with van der Waals surface area (Å²) in [6.45, 7) is 6.92. The van der Waals surface area contributed by atoms with Gasteiger partial charge < -0.3 is 20.6 Å². The number of benzene rings is 2. The number of hydrogen-bond donors (Lipinski definition) is 3. The molecule has 2 aromatic carbocycles. The van der Waals surface area contributed by atoms with E-state index in [1.165, 1.54) is 21.9 Å². The number of likely N-dealkylation sites (tertiary alicyclic amines) is 1. The Morgan fingerprint density at radius 3 is 2.37 bits per heavy atom. The summed E-state index contributed by atoms with van der Waals surface area (Å²) in [5.74, 6) is 0.0571. The van der Waals surface area contributed by atoms with E-state index in [2.05, 4.69) is 15.6 Å². The predicted molar refractivity (Wildman–Crippen MR) is 138 cm³/mol. The Labute approximate surface area is 218 Å². The second-order valence-electron chi connectivity index (χ2n) is 10.1. The van der Waals surface area contributed by atoms with E-state index < -0.39 is 23.4 Å². The van der Waals surface area contributed by atoms with E-state index in [1.54, 1.807) is 31.2 Å². The lowest BCUT2D eigenvalue weighted by Crippen LogP contribution is -2.48. The van der Waals surface area contributed by atoms with Crippen LogP contribution in [-0.4, -0.2) is 56.7 Å². The van der Waals surface area contributed by atoms with Crippen LogP contribution in [0.4, 0.5) is 23.7 Å². The molecule has 1 fully saturated rings. The normalized spacial score (nSPS) is 15.6. The maximum atomic E-state index is 14.0. The van der Waals surface area contributed by atoms with Crippen molar-refractivity contribution in [2.75, 3.05) is 25.0 Å². The number of alkyl halides is 3. The van der Waals surface area contributed by atoms with Crippen molar-refractivity contribution in [3.63, 3.8) is 0 Å². The third-order valence-corrected chi connectivity index (χ3v) is 6.72. The highest BCUT2D eigenvalue weighted by Crippen LogP contribution is 2.37. The number of amides is 3. The van der Waals surface area contributed by atoms with Crippen LogP contribution in [0, 0.1) is 5.92 Å². The monoisotopic (exact) mass is 531 g/mol. The van der Waals surface area contributed by atoms with Gasteiger partial charge in [-0.15, -0.1) is 0 Å². The molecule has 204 valence electrons. The number of halogens is 3. The molecule has 3 aromatic rings. The second-order valence-corrected chi connectivity index (χ2v) is 10.1. The second kappa shape index (κ2) is 10.6. The quantitative estimate of drug-likeness (QED) is 0.407. The van der Waals surface area contributed by atoms with Crippen molar-refractivity contribution in [1.29, 1.82) is 0 Å². The zero-order valence-electron chi connectivity index (χ0n) is 21.6. The van der Waals surface area contributed by atoms with E-state index in [0.717, 1.165) is 6.07 Å². The molecule has 11 heteroatoms. The number of carbonyl (C=O) groups is 2. The fraction of sp³-hybridized carbons (Fsp3) is 0.444. The number of aromatic nitrogens is 2. The van der Waals surface area contributed by atoms with Gasteiger partial charge in [0.15, 0.2) is 0 Å². The summed E-state index contributed by atoms with van der Waals surface area (Å²) in [6, 6.07) is 8.22. The highest BCUT2D eigenvalue weighted by atomic mass is 19.4. The SMILES string of the molecule is CCNC(=O)c1ccc(-n2cnc3c(C(F)(F)F)cc(NC(=O)N4CCC(O)(CC(C)C)CC4)cc32)cc1. The molecular weight excluding hydrogens is 499 g/mol. The Morgan fingerprint density at radius 2 is 1.79 bits per heavy atom. The standard InChI is InChI=1S/C27H32F3N5O3/c1-4-31-24(36)18-5-7-20(8-6-18)35-16-32-23-21(27(28,29)30)13-19(14-22(23)35)33-25(37)34-11-9-26(38,10-12-34)15-17(2)3/h5-8,13-14,16-17,38H,4,9-12,15H2,1-3H3,(H,31,36)(H,33,37). The van der Waals surface area contributed by atoms with E-state index in [-0.39, 0.29) is 22.6 Å². The van der Waals surface area contributed by atoms with Crippen molar-refractivity contribution < 1.29 is 27.9 Å². The summed E-state index contributed by atoms with van der Waals surface area (Å²) in [7, 11) is 0. The smallest absolute Gasteiger partial charge is 0.390 e. The van der Waals surface area contributed by atoms with Crippen LogP contribution in [0.5, 0.6) is 0 Å². The molecule has 1 aliphatic heterocycles. The van der Waals surface area contributed by atoms with Gasteiger partial charge in [-0.2, -0.15) is 13.2 Å². The molecule has 0 radical (unpaired) electrons. The molecule has 38 heavy (non-hydrogen) atoms. The Morgan fingerprint density at radius 1 is 1.13 bits per heavy atom. The minimum absolute atomic E-state index is 0.0152. The van der Waals surface area contributed by atoms with E-state index in [9.17, 15) is 27.9 Å². The molecule has 1 aromatic heterocycles. The van der Waals surface area contributed by atoms with Gasteiger partial charge in [-0.3, -0.25) is 9.36 Å². The fourth-order valence-corrected chi connectivity index (χ4v) is 4.94. The van der Waals surface area contributed by atoms with E-state index in [1.807, 2.05) is 13.8 Å². The molecule has 0 spiro atoms. The van der Waals surface area contributed by atoms with Crippen LogP contribution in [0.1, 0.15) is 56.0 Å². The van der Waals surface area contributed by atoms with E-state index in [0.29, 0.717) is 56.1 Å². The molecule has 8 nitrogen and oxygen atoms in total. The van der Waals surface area contributed by atoms with Crippen molar-refractivity contribution >= 4 is 28.7 Å². The Balaban J connectivity index is 1.61. The third kappa shape index (κ3) is 5.93. The topological polar surface area (TPSA) is 99.5 Å². The number of piperidine rings is 1. The maximum Gasteiger partial charge on any atom is 0.418 e. The zero-order chi connectivity index (χ0) is 27.7. The lowest BCUT2D eigenvalue weighted by Gasteiger charge is -2.39. The van der Waals surface area contributed by atoms with Crippen molar-refractivity contribution in [2.24, 2.45) is 5.92 Å². The van der Waals surface area contributed by atoms with Crippen LogP contribution in [0.25, 0.3) is 16.7 Å². The van der Waals surface area contributed by atoms with Gasteiger partial charge in [0, 0.05) is 36.6 Å². The first-order valence-electron chi connectivity index (χ1n) is 12.7. The summed E-state index contributed by atoms with van der Waals surface area (Å²) < 4.78 is 43.4. The van der Waals surface area contributed by atoms with Crippen molar-refractivity contribution in [2.45, 2.75) is 51.8 Å². The summed E-state index contributed by atoms with van der Waals surface area (Å²) in [6.07, 6.45) is -1.97. The third-order valence-electron chi connectivity index (χ3n) is 6.72. The Bertz CT molecular complexity index is 1310. The minimum Gasteiger partial charge on any atom is -0.390 e. The molecule has 3 N–H and O–H groups in total. The van der Waals surface area contributed by atoms with Gasteiger partial charge in [0.25, 0.3) is 5.91 Å². The average molecular weight is 532 g/mol. The molecule has 0 atom stereocenters. The maximum absolute atomic E-state index is 14.0. The summed E-state index contributed by atoms with van der Waals surface area (Å²) in [5.41, 5.74) is -0.979. The van der Waals surface area contributed by atoms with Gasteiger partial charge >= 0.3 is 12.2 Å². The molecule has 0 unspecified atom stereocenters. The number of urea groups is 1. The molecule has 3 amide bonds. The van der Waals surface area contributed by atoms with Crippen LogP contribution in [0.15, 0.2) is 42.7 Å². The first-order chi connectivity index (χ1) is 17.9. The number of rotatable bonds is 6. The van der Waals surface area contributed by atoms with Gasteiger partial charge in [-0.05, 0) is 68.5 Å². The number of anilines is 1. The zero-order valence-corrected chi connectivity index (χ0v) is 21.6. The molecule has 0 aliphatic carbocycles. The van der Waals surface area contributed by atoms with Gasteiger partial charge in [0.1, 0.15) is 11.8 Å². The molecule has 0 saturated carbocycles. The first kappa shape index (κ1) is 27.4. The van der Waals surface area contributed by atoms with Crippen molar-refractivity contribution in [3.05, 3.63) is 53.9 Å². The van der Waals surface area contributed by atoms with Gasteiger partial charge in [0.2, 0.25) is 0 Å². The number of hydrogen-bond acceptors (Lipinski definition) is 4. The number of aliphatic hydroxyl groups is 1. The van der Waals surface area contributed by atoms with Crippen molar-refractivity contribution in [3.8, 4) is 5.69 Å². The summed E-state index contributed by atoms with van der Waals surface area (Å²) >= 11 is 0. The highest BCUT2D eigenvalue weighted by molar-refractivity contribution is 5.95. The number of fused-ring (bicyclic) bond motifs is 1. The van der Waals surface area contributed by atoms with Crippen LogP contribution < -0.4 is 10.6 Å². The first-order valence-corrected chi connectivity index (χ1v) is 12.7. The fourth-order valence-electron chi connectivity index (χ4n) is 4.94. The summed E-state index contributed by atoms with van der Waals surface area (Å²) in [5, 5.41) is 16.0. The molecule has 4 rings (SSSR count). The van der Waals surface area contributed by atoms with Crippen molar-refractivity contribution in [1.82, 2.24) is 19.8 Å². The highest BCUT2D eigenvalue weighted by Gasteiger charge is 2.36. The van der Waals surface area contributed by atoms with Crippen LogP contribution in [-0.2, 0) is 6.18 Å². The lowest BCUT2D eigenvalue weighted by molar-refractivity contribution is -0.136. The summed E-state index contributed by atoms with van der Waals surface area (Å²) in [4.78, 5) is 30.5. The predicted octanol–water partition coefficient (Wildman–Crippen LogP) is 5.20. The molecule has 1 aliphatic rings. The molecular formula is C27H32F3N5O3. The van der Waals surface area contributed by atoms with Crippen LogP contribution >= 0.6 is 0 Å². The average Bonchev–Trinajstić information content (AvgIpc) is 3.26. The minimum atomic E-state index is -4.70. The van der Waals surface area contributed by atoms with Gasteiger partial charge in [0.05, 0.1) is 16.7 Å². The van der Waals surface area contributed by atoms with Crippen LogP contribution in [0.3, 0.4) is 0 Å². The Hall–Kier alpha value is -3.60.